The third kappa shape index (κ3) is 1.13. The molecule has 1 aliphatic heterocycles. The minimum atomic E-state index is -0.326. The Hall–Kier alpha value is -0.580. The summed E-state index contributed by atoms with van der Waals surface area (Å²) in [6.45, 7) is 0. The van der Waals surface area contributed by atoms with Crippen LogP contribution in [0.25, 0.3) is 0 Å². The standard InChI is InChI=1S/C6H9BrN2O2/c1-8-4(3-7)5(10)9(2)6(8)11/h4H,3H2,1-2H3. The van der Waals surface area contributed by atoms with Gasteiger partial charge in [0.2, 0.25) is 0 Å². The van der Waals surface area contributed by atoms with E-state index in [1.165, 1.54) is 11.9 Å². The fourth-order valence-electron chi connectivity index (χ4n) is 1.02. The van der Waals surface area contributed by atoms with E-state index in [0.717, 1.165) is 4.90 Å². The molecule has 3 amide bonds. The number of nitrogens with zero attached hydrogens (tertiary/aromatic N) is 2. The highest BCUT2D eigenvalue weighted by Gasteiger charge is 2.39. The Morgan fingerprint density at radius 2 is 2.00 bits per heavy atom. The molecule has 0 aromatic rings. The zero-order chi connectivity index (χ0) is 8.59. The Balaban J connectivity index is 2.86. The van der Waals surface area contributed by atoms with Crippen LogP contribution in [0.5, 0.6) is 0 Å². The summed E-state index contributed by atoms with van der Waals surface area (Å²) in [7, 11) is 3.11. The van der Waals surface area contributed by atoms with Crippen molar-refractivity contribution in [3.8, 4) is 0 Å². The zero-order valence-corrected chi connectivity index (χ0v) is 7.96. The van der Waals surface area contributed by atoms with Crippen molar-refractivity contribution in [3.05, 3.63) is 0 Å². The molecule has 0 saturated carbocycles. The van der Waals surface area contributed by atoms with Crippen molar-refractivity contribution in [2.75, 3.05) is 19.4 Å². The fourth-order valence-corrected chi connectivity index (χ4v) is 1.73. The van der Waals surface area contributed by atoms with Crippen LogP contribution in [0.1, 0.15) is 0 Å². The van der Waals surface area contributed by atoms with Crippen LogP contribution in [0.3, 0.4) is 0 Å². The maximum Gasteiger partial charge on any atom is 0.326 e. The second-order valence-electron chi connectivity index (χ2n) is 2.46. The van der Waals surface area contributed by atoms with Crippen molar-refractivity contribution in [3.63, 3.8) is 0 Å². The highest BCUT2D eigenvalue weighted by Crippen LogP contribution is 2.14. The first kappa shape index (κ1) is 8.52. The van der Waals surface area contributed by atoms with Crippen LogP contribution < -0.4 is 0 Å². The van der Waals surface area contributed by atoms with Crippen LogP contribution >= 0.6 is 15.9 Å². The van der Waals surface area contributed by atoms with Crippen molar-refractivity contribution in [1.29, 1.82) is 0 Å². The average molecular weight is 221 g/mol. The maximum absolute atomic E-state index is 11.2. The smallest absolute Gasteiger partial charge is 0.314 e. The minimum absolute atomic E-state index is 0.144. The van der Waals surface area contributed by atoms with E-state index in [-0.39, 0.29) is 18.0 Å². The molecule has 1 atom stereocenters. The number of hydrogen-bond acceptors (Lipinski definition) is 2. The molecule has 0 radical (unpaired) electrons. The van der Waals surface area contributed by atoms with Gasteiger partial charge in [-0.15, -0.1) is 0 Å². The van der Waals surface area contributed by atoms with Crippen molar-refractivity contribution >= 4 is 27.9 Å². The van der Waals surface area contributed by atoms with Gasteiger partial charge in [-0.1, -0.05) is 15.9 Å². The van der Waals surface area contributed by atoms with E-state index in [4.69, 9.17) is 0 Å². The van der Waals surface area contributed by atoms with Crippen molar-refractivity contribution in [2.24, 2.45) is 0 Å². The van der Waals surface area contributed by atoms with E-state index in [2.05, 4.69) is 15.9 Å². The molecular formula is C6H9BrN2O2. The molecular weight excluding hydrogens is 212 g/mol. The van der Waals surface area contributed by atoms with Crippen molar-refractivity contribution in [2.45, 2.75) is 6.04 Å². The van der Waals surface area contributed by atoms with Crippen LogP contribution in [0.15, 0.2) is 0 Å². The summed E-state index contributed by atoms with van der Waals surface area (Å²) >= 11 is 3.17. The van der Waals surface area contributed by atoms with Gasteiger partial charge in [-0.05, 0) is 0 Å². The normalized spacial score (nSPS) is 25.2. The highest BCUT2D eigenvalue weighted by atomic mass is 79.9. The quantitative estimate of drug-likeness (QED) is 0.471. The van der Waals surface area contributed by atoms with Crippen LogP contribution in [0.2, 0.25) is 0 Å². The Morgan fingerprint density at radius 1 is 1.45 bits per heavy atom. The van der Waals surface area contributed by atoms with Gasteiger partial charge in [0, 0.05) is 19.4 Å². The molecule has 1 unspecified atom stereocenters. The number of likely N-dealkylation sites (N-methyl/N-ethyl adjacent to an activating group) is 2. The van der Waals surface area contributed by atoms with E-state index < -0.39 is 0 Å². The second kappa shape index (κ2) is 2.81. The summed E-state index contributed by atoms with van der Waals surface area (Å²) in [5.74, 6) is -0.144. The lowest BCUT2D eigenvalue weighted by Crippen LogP contribution is -2.32. The number of amides is 3. The largest absolute Gasteiger partial charge is 0.326 e. The summed E-state index contributed by atoms with van der Waals surface area (Å²) in [5.41, 5.74) is 0. The summed E-state index contributed by atoms with van der Waals surface area (Å²) in [5, 5.41) is 0.498. The molecule has 1 aliphatic rings. The number of urea groups is 1. The second-order valence-corrected chi connectivity index (χ2v) is 3.11. The maximum atomic E-state index is 11.2. The molecule has 1 rings (SSSR count). The Labute approximate surface area is 73.3 Å². The van der Waals surface area contributed by atoms with Gasteiger partial charge < -0.3 is 4.90 Å². The first-order chi connectivity index (χ1) is 5.09. The molecule has 1 fully saturated rings. The highest BCUT2D eigenvalue weighted by molar-refractivity contribution is 9.09. The number of hydrogen-bond donors (Lipinski definition) is 0. The van der Waals surface area contributed by atoms with Crippen LogP contribution in [0, 0.1) is 0 Å². The molecule has 4 nitrogen and oxygen atoms in total. The predicted octanol–water partition coefficient (Wildman–Crippen LogP) is 0.274. The lowest BCUT2D eigenvalue weighted by Gasteiger charge is -2.12. The summed E-state index contributed by atoms with van der Waals surface area (Å²) in [6, 6.07) is -0.563. The molecule has 1 heterocycles. The number of halogens is 1. The zero-order valence-electron chi connectivity index (χ0n) is 6.37. The lowest BCUT2D eigenvalue weighted by atomic mass is 10.3. The summed E-state index contributed by atoms with van der Waals surface area (Å²) in [6.07, 6.45) is 0. The van der Waals surface area contributed by atoms with E-state index in [9.17, 15) is 9.59 Å². The molecule has 1 saturated heterocycles. The molecule has 5 heteroatoms. The van der Waals surface area contributed by atoms with Gasteiger partial charge in [0.25, 0.3) is 5.91 Å². The van der Waals surface area contributed by atoms with Gasteiger partial charge in [-0.2, -0.15) is 0 Å². The predicted molar refractivity (Wildman–Crippen MR) is 43.5 cm³/mol. The molecule has 11 heavy (non-hydrogen) atoms. The number of rotatable bonds is 1. The monoisotopic (exact) mass is 220 g/mol. The number of carbonyl (C=O) groups excluding carboxylic acids is 2. The van der Waals surface area contributed by atoms with Gasteiger partial charge in [-0.3, -0.25) is 9.69 Å². The molecule has 62 valence electrons. The SMILES string of the molecule is CN1C(=O)C(CBr)N(C)C1=O. The summed E-state index contributed by atoms with van der Waals surface area (Å²) < 4.78 is 0. The van der Waals surface area contributed by atoms with Crippen molar-refractivity contribution < 1.29 is 9.59 Å². The Bertz CT molecular complexity index is 207. The van der Waals surface area contributed by atoms with Gasteiger partial charge in [0.1, 0.15) is 6.04 Å². The van der Waals surface area contributed by atoms with E-state index >= 15 is 0 Å². The molecule has 0 spiro atoms. The molecule has 0 aromatic carbocycles. The van der Waals surface area contributed by atoms with Crippen LogP contribution in [0.4, 0.5) is 4.79 Å². The Kier molecular flexibility index (Phi) is 2.17. The number of carbonyl (C=O) groups is 2. The first-order valence-corrected chi connectivity index (χ1v) is 4.32. The number of imide groups is 1. The van der Waals surface area contributed by atoms with Gasteiger partial charge in [0.15, 0.2) is 0 Å². The van der Waals surface area contributed by atoms with Gasteiger partial charge in [0.05, 0.1) is 0 Å². The van der Waals surface area contributed by atoms with E-state index in [0.29, 0.717) is 5.33 Å². The topological polar surface area (TPSA) is 40.6 Å². The lowest BCUT2D eigenvalue weighted by molar-refractivity contribution is -0.126. The minimum Gasteiger partial charge on any atom is -0.314 e. The molecule has 0 aliphatic carbocycles. The molecule has 0 bridgehead atoms. The number of alkyl halides is 1. The molecule has 0 N–H and O–H groups in total. The fraction of sp³-hybridized carbons (Fsp3) is 0.667. The van der Waals surface area contributed by atoms with Crippen LogP contribution in [-0.2, 0) is 4.79 Å². The summed E-state index contributed by atoms with van der Waals surface area (Å²) in [4.78, 5) is 24.8. The Morgan fingerprint density at radius 3 is 2.18 bits per heavy atom. The van der Waals surface area contributed by atoms with Crippen molar-refractivity contribution in [1.82, 2.24) is 9.80 Å². The van der Waals surface area contributed by atoms with Crippen LogP contribution in [-0.4, -0.2) is 47.2 Å². The third-order valence-corrected chi connectivity index (χ3v) is 2.43. The first-order valence-electron chi connectivity index (χ1n) is 3.20. The van der Waals surface area contributed by atoms with E-state index in [1.54, 1.807) is 7.05 Å². The third-order valence-electron chi connectivity index (χ3n) is 1.82. The van der Waals surface area contributed by atoms with Gasteiger partial charge >= 0.3 is 6.03 Å². The average Bonchev–Trinajstić information content (AvgIpc) is 2.17. The molecule has 0 aromatic heterocycles. The van der Waals surface area contributed by atoms with E-state index in [1.807, 2.05) is 0 Å². The van der Waals surface area contributed by atoms with Gasteiger partial charge in [-0.25, -0.2) is 4.79 Å².